The highest BCUT2D eigenvalue weighted by Crippen LogP contribution is 2.09. The van der Waals surface area contributed by atoms with E-state index >= 15 is 0 Å². The molecule has 1 heterocycles. The van der Waals surface area contributed by atoms with Crippen LogP contribution >= 0.6 is 0 Å². The highest BCUT2D eigenvalue weighted by molar-refractivity contribution is 5.90. The summed E-state index contributed by atoms with van der Waals surface area (Å²) in [4.78, 5) is 15.4. The number of urea groups is 1. The molecule has 1 aromatic carbocycles. The van der Waals surface area contributed by atoms with E-state index in [9.17, 15) is 9.90 Å². The Hall–Kier alpha value is -2.89. The van der Waals surface area contributed by atoms with Crippen LogP contribution in [-0.4, -0.2) is 22.3 Å². The molecule has 96 valence electrons. The fourth-order valence-corrected chi connectivity index (χ4v) is 1.34. The summed E-state index contributed by atoms with van der Waals surface area (Å²) in [7, 11) is 0. The Morgan fingerprint density at radius 3 is 2.74 bits per heavy atom. The van der Waals surface area contributed by atoms with Gasteiger partial charge in [-0.2, -0.15) is 5.10 Å². The molecule has 6 nitrogen and oxygen atoms in total. The normalized spacial score (nSPS) is 10.3. The summed E-state index contributed by atoms with van der Waals surface area (Å²) < 4.78 is 0. The van der Waals surface area contributed by atoms with E-state index in [1.54, 1.807) is 18.2 Å². The first-order valence-electron chi connectivity index (χ1n) is 5.55. The number of hydrazone groups is 1. The second kappa shape index (κ2) is 6.15. The number of carbonyl (C=O) groups excluding carboxylic acids is 1. The Kier molecular flexibility index (Phi) is 4.07. The molecule has 2 rings (SSSR count). The number of aromatic nitrogens is 1. The van der Waals surface area contributed by atoms with Crippen molar-refractivity contribution >= 4 is 17.9 Å². The third-order valence-electron chi connectivity index (χ3n) is 2.20. The molecule has 0 aliphatic carbocycles. The topological polar surface area (TPSA) is 86.6 Å². The molecule has 0 saturated carbocycles. The molecular weight excluding hydrogens is 244 g/mol. The van der Waals surface area contributed by atoms with Gasteiger partial charge in [-0.3, -0.25) is 4.98 Å². The zero-order valence-electron chi connectivity index (χ0n) is 9.95. The van der Waals surface area contributed by atoms with Crippen LogP contribution in [0.15, 0.2) is 53.8 Å². The minimum absolute atomic E-state index is 0.00322. The molecule has 0 fully saturated rings. The van der Waals surface area contributed by atoms with Gasteiger partial charge >= 0.3 is 6.03 Å². The molecule has 2 aromatic rings. The van der Waals surface area contributed by atoms with E-state index in [2.05, 4.69) is 20.8 Å². The molecule has 0 aliphatic rings. The maximum absolute atomic E-state index is 11.5. The summed E-state index contributed by atoms with van der Waals surface area (Å²) in [5.74, 6) is -0.00322. The minimum atomic E-state index is -0.474. The summed E-state index contributed by atoms with van der Waals surface area (Å²) in [5, 5.41) is 15.7. The van der Waals surface area contributed by atoms with Gasteiger partial charge < -0.3 is 10.4 Å². The molecule has 0 spiro atoms. The zero-order valence-corrected chi connectivity index (χ0v) is 9.95. The monoisotopic (exact) mass is 256 g/mol. The second-order valence-corrected chi connectivity index (χ2v) is 3.60. The number of nitrogens with one attached hydrogen (secondary N) is 2. The van der Waals surface area contributed by atoms with Gasteiger partial charge in [0.25, 0.3) is 0 Å². The van der Waals surface area contributed by atoms with Gasteiger partial charge in [0, 0.05) is 11.9 Å². The predicted octanol–water partition coefficient (Wildman–Crippen LogP) is 1.94. The lowest BCUT2D eigenvalue weighted by molar-refractivity contribution is 0.252. The largest absolute Gasteiger partial charge is 0.506 e. The average Bonchev–Trinajstić information content (AvgIpc) is 2.42. The first-order chi connectivity index (χ1) is 9.25. The Bertz CT molecular complexity index is 584. The lowest BCUT2D eigenvalue weighted by Crippen LogP contribution is -2.24. The van der Waals surface area contributed by atoms with Crippen molar-refractivity contribution in [2.24, 2.45) is 5.10 Å². The lowest BCUT2D eigenvalue weighted by atomic mass is 10.3. The van der Waals surface area contributed by atoms with Crippen molar-refractivity contribution in [1.29, 1.82) is 0 Å². The molecule has 0 radical (unpaired) electrons. The SMILES string of the molecule is O=C(N/N=C/c1ncccc1O)Nc1ccccc1. The minimum Gasteiger partial charge on any atom is -0.506 e. The molecule has 0 bridgehead atoms. The first-order valence-corrected chi connectivity index (χ1v) is 5.55. The van der Waals surface area contributed by atoms with Crippen molar-refractivity contribution < 1.29 is 9.90 Å². The van der Waals surface area contributed by atoms with E-state index in [4.69, 9.17) is 0 Å². The number of aromatic hydroxyl groups is 1. The van der Waals surface area contributed by atoms with Crippen molar-refractivity contribution in [2.75, 3.05) is 5.32 Å². The van der Waals surface area contributed by atoms with E-state index in [0.29, 0.717) is 5.69 Å². The summed E-state index contributed by atoms with van der Waals surface area (Å²) >= 11 is 0. The molecule has 0 aliphatic heterocycles. The van der Waals surface area contributed by atoms with Crippen LogP contribution in [0.3, 0.4) is 0 Å². The highest BCUT2D eigenvalue weighted by atomic mass is 16.3. The molecule has 0 saturated heterocycles. The van der Waals surface area contributed by atoms with Gasteiger partial charge in [0.2, 0.25) is 0 Å². The Morgan fingerprint density at radius 2 is 2.00 bits per heavy atom. The standard InChI is InChI=1S/C13H12N4O2/c18-12-7-4-8-14-11(12)9-15-17-13(19)16-10-5-2-1-3-6-10/h1-9,18H,(H2,16,17,19)/b15-9+. The van der Waals surface area contributed by atoms with Gasteiger partial charge in [-0.1, -0.05) is 18.2 Å². The Morgan fingerprint density at radius 1 is 1.21 bits per heavy atom. The van der Waals surface area contributed by atoms with Crippen molar-refractivity contribution in [3.63, 3.8) is 0 Å². The number of anilines is 1. The van der Waals surface area contributed by atoms with Gasteiger partial charge in [0.15, 0.2) is 0 Å². The third-order valence-corrected chi connectivity index (χ3v) is 2.20. The summed E-state index contributed by atoms with van der Waals surface area (Å²) in [6.45, 7) is 0. The first kappa shape index (κ1) is 12.6. The number of nitrogens with zero attached hydrogens (tertiary/aromatic N) is 2. The molecular formula is C13H12N4O2. The van der Waals surface area contributed by atoms with Gasteiger partial charge in [-0.15, -0.1) is 0 Å². The van der Waals surface area contributed by atoms with Crippen molar-refractivity contribution in [3.8, 4) is 5.75 Å². The van der Waals surface area contributed by atoms with Crippen molar-refractivity contribution in [3.05, 3.63) is 54.4 Å². The number of hydrogen-bond donors (Lipinski definition) is 3. The maximum Gasteiger partial charge on any atom is 0.339 e. The van der Waals surface area contributed by atoms with Gasteiger partial charge in [0.05, 0.1) is 6.21 Å². The maximum atomic E-state index is 11.5. The second-order valence-electron chi connectivity index (χ2n) is 3.60. The van der Waals surface area contributed by atoms with Crippen molar-refractivity contribution in [1.82, 2.24) is 10.4 Å². The highest BCUT2D eigenvalue weighted by Gasteiger charge is 1.99. The third kappa shape index (κ3) is 3.81. The molecule has 6 heteroatoms. The fraction of sp³-hybridized carbons (Fsp3) is 0. The van der Waals surface area contributed by atoms with Crippen LogP contribution in [0.25, 0.3) is 0 Å². The lowest BCUT2D eigenvalue weighted by Gasteiger charge is -2.03. The predicted molar refractivity (Wildman–Crippen MR) is 72.1 cm³/mol. The van der Waals surface area contributed by atoms with Crippen LogP contribution in [0.2, 0.25) is 0 Å². The zero-order chi connectivity index (χ0) is 13.5. The van der Waals surface area contributed by atoms with Crippen LogP contribution in [0.5, 0.6) is 5.75 Å². The number of hydrogen-bond acceptors (Lipinski definition) is 4. The summed E-state index contributed by atoms with van der Waals surface area (Å²) in [6.07, 6.45) is 2.78. The van der Waals surface area contributed by atoms with E-state index in [1.807, 2.05) is 18.2 Å². The Balaban J connectivity index is 1.89. The summed E-state index contributed by atoms with van der Waals surface area (Å²) in [6, 6.07) is 11.6. The fourth-order valence-electron chi connectivity index (χ4n) is 1.34. The number of carbonyl (C=O) groups is 1. The van der Waals surface area contributed by atoms with Crippen molar-refractivity contribution in [2.45, 2.75) is 0 Å². The smallest absolute Gasteiger partial charge is 0.339 e. The van der Waals surface area contributed by atoms with E-state index in [1.165, 1.54) is 18.5 Å². The number of para-hydroxylation sites is 1. The van der Waals surface area contributed by atoms with Crippen LogP contribution in [0, 0.1) is 0 Å². The van der Waals surface area contributed by atoms with E-state index in [-0.39, 0.29) is 11.4 Å². The van der Waals surface area contributed by atoms with E-state index < -0.39 is 6.03 Å². The molecule has 2 amide bonds. The quantitative estimate of drug-likeness (QED) is 0.579. The van der Waals surface area contributed by atoms with Crippen LogP contribution in [0.4, 0.5) is 10.5 Å². The molecule has 3 N–H and O–H groups in total. The number of rotatable bonds is 3. The van der Waals surface area contributed by atoms with E-state index in [0.717, 1.165) is 0 Å². The van der Waals surface area contributed by atoms with Gasteiger partial charge in [-0.05, 0) is 24.3 Å². The number of amides is 2. The molecule has 0 atom stereocenters. The molecule has 0 unspecified atom stereocenters. The Labute approximate surface area is 109 Å². The van der Waals surface area contributed by atoms with Crippen LogP contribution in [-0.2, 0) is 0 Å². The number of pyridine rings is 1. The number of benzene rings is 1. The van der Waals surface area contributed by atoms with Gasteiger partial charge in [0.1, 0.15) is 11.4 Å². The van der Waals surface area contributed by atoms with Gasteiger partial charge in [-0.25, -0.2) is 10.2 Å². The van der Waals surface area contributed by atoms with Crippen LogP contribution < -0.4 is 10.7 Å². The van der Waals surface area contributed by atoms with Crippen LogP contribution in [0.1, 0.15) is 5.69 Å². The summed E-state index contributed by atoms with van der Waals surface area (Å²) in [5.41, 5.74) is 3.22. The molecule has 19 heavy (non-hydrogen) atoms. The molecule has 1 aromatic heterocycles. The average molecular weight is 256 g/mol.